The van der Waals surface area contributed by atoms with Crippen molar-refractivity contribution in [1.82, 2.24) is 5.32 Å². The number of aryl methyl sites for hydroxylation is 1. The lowest BCUT2D eigenvalue weighted by Gasteiger charge is -2.11. The number of hydrogen-bond donors (Lipinski definition) is 1. The summed E-state index contributed by atoms with van der Waals surface area (Å²) in [6, 6.07) is 15.0. The van der Waals surface area contributed by atoms with Gasteiger partial charge in [-0.15, -0.1) is 11.8 Å². The maximum absolute atomic E-state index is 5.45. The molecule has 0 fully saturated rings. The molecule has 0 aromatic heterocycles. The summed E-state index contributed by atoms with van der Waals surface area (Å²) in [7, 11) is 3.69. The van der Waals surface area contributed by atoms with Crippen molar-refractivity contribution in [2.24, 2.45) is 0 Å². The van der Waals surface area contributed by atoms with E-state index in [0.717, 1.165) is 18.0 Å². The first-order valence-corrected chi connectivity index (χ1v) is 7.71. The fourth-order valence-corrected chi connectivity index (χ4v) is 2.93. The molecule has 0 heterocycles. The van der Waals surface area contributed by atoms with Gasteiger partial charge in [0.15, 0.2) is 0 Å². The fourth-order valence-electron chi connectivity index (χ4n) is 2.05. The Morgan fingerprint density at radius 2 is 1.85 bits per heavy atom. The lowest BCUT2D eigenvalue weighted by molar-refractivity contribution is 0.411. The van der Waals surface area contributed by atoms with Gasteiger partial charge in [-0.2, -0.15) is 0 Å². The van der Waals surface area contributed by atoms with Crippen LogP contribution >= 0.6 is 11.8 Å². The normalized spacial score (nSPS) is 10.6. The van der Waals surface area contributed by atoms with Crippen molar-refractivity contribution in [2.45, 2.75) is 24.1 Å². The van der Waals surface area contributed by atoms with Crippen molar-refractivity contribution in [3.8, 4) is 5.75 Å². The molecule has 1 N–H and O–H groups in total. The van der Waals surface area contributed by atoms with E-state index in [1.807, 2.05) is 18.8 Å². The molecule has 0 aliphatic carbocycles. The van der Waals surface area contributed by atoms with Crippen LogP contribution in [-0.2, 0) is 12.3 Å². The fraction of sp³-hybridized carbons (Fsp3) is 0.294. The van der Waals surface area contributed by atoms with Gasteiger partial charge in [0.25, 0.3) is 0 Å². The molecule has 106 valence electrons. The summed E-state index contributed by atoms with van der Waals surface area (Å²) in [6.07, 6.45) is 0. The lowest BCUT2D eigenvalue weighted by atomic mass is 10.1. The van der Waals surface area contributed by atoms with Gasteiger partial charge in [-0.1, -0.05) is 23.8 Å². The standard InChI is InChI=1S/C17H21NOS/c1-13-4-7-16(8-5-13)20-12-15-10-14(11-18-2)6-9-17(15)19-3/h4-10,18H,11-12H2,1-3H3. The highest BCUT2D eigenvalue weighted by atomic mass is 32.2. The average Bonchev–Trinajstić information content (AvgIpc) is 2.47. The van der Waals surface area contributed by atoms with E-state index >= 15 is 0 Å². The van der Waals surface area contributed by atoms with Crippen molar-refractivity contribution in [1.29, 1.82) is 0 Å². The van der Waals surface area contributed by atoms with E-state index < -0.39 is 0 Å². The summed E-state index contributed by atoms with van der Waals surface area (Å²) in [5.74, 6) is 1.88. The van der Waals surface area contributed by atoms with Crippen LogP contribution in [-0.4, -0.2) is 14.2 Å². The lowest BCUT2D eigenvalue weighted by Crippen LogP contribution is -2.05. The Morgan fingerprint density at radius 3 is 2.50 bits per heavy atom. The van der Waals surface area contributed by atoms with Crippen LogP contribution in [0.2, 0.25) is 0 Å². The van der Waals surface area contributed by atoms with Crippen molar-refractivity contribution < 1.29 is 4.74 Å². The Kier molecular flexibility index (Phi) is 5.50. The quantitative estimate of drug-likeness (QED) is 0.811. The number of benzene rings is 2. The zero-order valence-corrected chi connectivity index (χ0v) is 13.1. The van der Waals surface area contributed by atoms with Crippen LogP contribution in [0, 0.1) is 6.92 Å². The first-order valence-electron chi connectivity index (χ1n) is 6.73. The SMILES string of the molecule is CNCc1ccc(OC)c(CSc2ccc(C)cc2)c1. The molecule has 0 atom stereocenters. The molecule has 2 rings (SSSR count). The Balaban J connectivity index is 2.10. The third-order valence-corrected chi connectivity index (χ3v) is 4.20. The Labute approximate surface area is 125 Å². The van der Waals surface area contributed by atoms with Crippen molar-refractivity contribution in [3.05, 3.63) is 59.2 Å². The van der Waals surface area contributed by atoms with Gasteiger partial charge in [0.05, 0.1) is 7.11 Å². The van der Waals surface area contributed by atoms with Gasteiger partial charge in [-0.05, 0) is 43.8 Å². The molecule has 0 aliphatic rings. The first kappa shape index (κ1) is 14.9. The number of rotatable bonds is 6. The van der Waals surface area contributed by atoms with E-state index in [-0.39, 0.29) is 0 Å². The van der Waals surface area contributed by atoms with Gasteiger partial charge in [0.2, 0.25) is 0 Å². The summed E-state index contributed by atoms with van der Waals surface area (Å²) in [5.41, 5.74) is 3.82. The van der Waals surface area contributed by atoms with Crippen molar-refractivity contribution in [2.75, 3.05) is 14.2 Å². The predicted molar refractivity (Wildman–Crippen MR) is 86.5 cm³/mol. The van der Waals surface area contributed by atoms with Gasteiger partial charge >= 0.3 is 0 Å². The highest BCUT2D eigenvalue weighted by Gasteiger charge is 2.05. The van der Waals surface area contributed by atoms with Gasteiger partial charge in [0, 0.05) is 22.8 Å². The maximum atomic E-state index is 5.45. The van der Waals surface area contributed by atoms with Crippen LogP contribution in [0.4, 0.5) is 0 Å². The molecule has 0 spiro atoms. The van der Waals surface area contributed by atoms with Crippen LogP contribution in [0.5, 0.6) is 5.75 Å². The molecule has 2 nitrogen and oxygen atoms in total. The third-order valence-electron chi connectivity index (χ3n) is 3.14. The Hall–Kier alpha value is -1.45. The van der Waals surface area contributed by atoms with Gasteiger partial charge in [0.1, 0.15) is 5.75 Å². The second-order valence-corrected chi connectivity index (χ2v) is 5.83. The summed E-state index contributed by atoms with van der Waals surface area (Å²) in [5, 5.41) is 3.18. The number of nitrogens with one attached hydrogen (secondary N) is 1. The van der Waals surface area contributed by atoms with Crippen LogP contribution in [0.1, 0.15) is 16.7 Å². The zero-order valence-electron chi connectivity index (χ0n) is 12.3. The predicted octanol–water partition coefficient (Wildman–Crippen LogP) is 4.02. The van der Waals surface area contributed by atoms with E-state index in [2.05, 4.69) is 54.7 Å². The molecule has 2 aromatic carbocycles. The number of methoxy groups -OCH3 is 1. The Morgan fingerprint density at radius 1 is 1.10 bits per heavy atom. The summed E-state index contributed by atoms with van der Waals surface area (Å²) in [4.78, 5) is 1.29. The molecule has 0 aliphatic heterocycles. The molecule has 0 amide bonds. The van der Waals surface area contributed by atoms with Crippen LogP contribution in [0.15, 0.2) is 47.4 Å². The van der Waals surface area contributed by atoms with E-state index in [9.17, 15) is 0 Å². The summed E-state index contributed by atoms with van der Waals surface area (Å²) >= 11 is 1.84. The second-order valence-electron chi connectivity index (χ2n) is 4.78. The van der Waals surface area contributed by atoms with E-state index in [4.69, 9.17) is 4.74 Å². The minimum atomic E-state index is 0.881. The Bertz CT molecular complexity index is 551. The molecular formula is C17H21NOS. The molecule has 2 aromatic rings. The topological polar surface area (TPSA) is 21.3 Å². The minimum Gasteiger partial charge on any atom is -0.496 e. The van der Waals surface area contributed by atoms with Gasteiger partial charge in [-0.25, -0.2) is 0 Å². The molecule has 0 radical (unpaired) electrons. The smallest absolute Gasteiger partial charge is 0.122 e. The van der Waals surface area contributed by atoms with E-state index in [1.165, 1.54) is 21.6 Å². The number of thioether (sulfide) groups is 1. The minimum absolute atomic E-state index is 0.881. The largest absolute Gasteiger partial charge is 0.496 e. The van der Waals surface area contributed by atoms with Crippen LogP contribution < -0.4 is 10.1 Å². The van der Waals surface area contributed by atoms with Crippen LogP contribution in [0.25, 0.3) is 0 Å². The average molecular weight is 287 g/mol. The molecule has 20 heavy (non-hydrogen) atoms. The molecule has 0 saturated heterocycles. The number of ether oxygens (including phenoxy) is 1. The third kappa shape index (κ3) is 4.02. The number of hydrogen-bond acceptors (Lipinski definition) is 3. The monoisotopic (exact) mass is 287 g/mol. The first-order chi connectivity index (χ1) is 9.72. The van der Waals surface area contributed by atoms with Gasteiger partial charge < -0.3 is 10.1 Å². The maximum Gasteiger partial charge on any atom is 0.122 e. The highest BCUT2D eigenvalue weighted by molar-refractivity contribution is 7.98. The molecule has 3 heteroatoms. The van der Waals surface area contributed by atoms with E-state index in [1.54, 1.807) is 7.11 Å². The summed E-state index contributed by atoms with van der Waals surface area (Å²) < 4.78 is 5.45. The zero-order chi connectivity index (χ0) is 14.4. The van der Waals surface area contributed by atoms with Gasteiger partial charge in [-0.3, -0.25) is 0 Å². The molecule has 0 bridgehead atoms. The van der Waals surface area contributed by atoms with Crippen LogP contribution in [0.3, 0.4) is 0 Å². The molecule has 0 unspecified atom stereocenters. The molecule has 0 saturated carbocycles. The van der Waals surface area contributed by atoms with Crippen molar-refractivity contribution >= 4 is 11.8 Å². The molecular weight excluding hydrogens is 266 g/mol. The summed E-state index contributed by atoms with van der Waals surface area (Å²) in [6.45, 7) is 2.99. The van der Waals surface area contributed by atoms with E-state index in [0.29, 0.717) is 0 Å². The van der Waals surface area contributed by atoms with Crippen molar-refractivity contribution in [3.63, 3.8) is 0 Å². The second kappa shape index (κ2) is 7.36. The highest BCUT2D eigenvalue weighted by Crippen LogP contribution is 2.29.